The number of ether oxygens (including phenoxy) is 1. The quantitative estimate of drug-likeness (QED) is 0.428. The third-order valence-electron chi connectivity index (χ3n) is 0.855. The highest BCUT2D eigenvalue weighted by Gasteiger charge is 1.93. The molecule has 0 fully saturated rings. The van der Waals surface area contributed by atoms with Gasteiger partial charge in [0.05, 0.1) is 6.10 Å². The molecule has 0 aliphatic carbocycles. The summed E-state index contributed by atoms with van der Waals surface area (Å²) in [6.07, 6.45) is 5.33. The molecule has 0 N–H and O–H groups in total. The molecule has 0 aromatic rings. The Bertz CT molecular complexity index is 143. The molecule has 0 saturated heterocycles. The van der Waals surface area contributed by atoms with E-state index in [-0.39, 0.29) is 6.10 Å². The normalized spacial score (nSPS) is 11.3. The fraction of sp³-hybridized carbons (Fsp3) is 0.333. The first-order valence-electron chi connectivity index (χ1n) is 3.32. The molecule has 0 bridgehead atoms. The predicted octanol–water partition coefficient (Wildman–Crippen LogP) is 2.67. The van der Waals surface area contributed by atoms with Crippen LogP contribution >= 0.6 is 0 Å². The zero-order chi connectivity index (χ0) is 7.98. The van der Waals surface area contributed by atoms with Gasteiger partial charge in [-0.2, -0.15) is 0 Å². The molecule has 0 aromatic heterocycles. The van der Waals surface area contributed by atoms with E-state index < -0.39 is 0 Å². The SMILES string of the molecule is C=CC=C(C=C)OC(C)C. The van der Waals surface area contributed by atoms with E-state index in [0.29, 0.717) is 0 Å². The van der Waals surface area contributed by atoms with Gasteiger partial charge in [0.2, 0.25) is 0 Å². The Morgan fingerprint density at radius 3 is 2.30 bits per heavy atom. The van der Waals surface area contributed by atoms with Gasteiger partial charge in [-0.1, -0.05) is 19.2 Å². The summed E-state index contributed by atoms with van der Waals surface area (Å²) in [7, 11) is 0. The van der Waals surface area contributed by atoms with E-state index in [9.17, 15) is 0 Å². The fourth-order valence-electron chi connectivity index (χ4n) is 0.544. The van der Waals surface area contributed by atoms with E-state index in [1.54, 1.807) is 18.2 Å². The monoisotopic (exact) mass is 138 g/mol. The van der Waals surface area contributed by atoms with Crippen LogP contribution < -0.4 is 0 Å². The van der Waals surface area contributed by atoms with Gasteiger partial charge in [-0.25, -0.2) is 0 Å². The third kappa shape index (κ3) is 3.96. The number of rotatable bonds is 4. The average molecular weight is 138 g/mol. The molecule has 1 heteroatoms. The van der Waals surface area contributed by atoms with Crippen molar-refractivity contribution in [2.24, 2.45) is 0 Å². The molecule has 0 spiro atoms. The van der Waals surface area contributed by atoms with E-state index in [1.807, 2.05) is 13.8 Å². The minimum atomic E-state index is 0.198. The van der Waals surface area contributed by atoms with Crippen LogP contribution in [0.25, 0.3) is 0 Å². The molecule has 0 unspecified atom stereocenters. The molecule has 0 atom stereocenters. The summed E-state index contributed by atoms with van der Waals surface area (Å²) in [4.78, 5) is 0. The van der Waals surface area contributed by atoms with Crippen molar-refractivity contribution in [3.8, 4) is 0 Å². The van der Waals surface area contributed by atoms with E-state index >= 15 is 0 Å². The van der Waals surface area contributed by atoms with Crippen molar-refractivity contribution >= 4 is 0 Å². The smallest absolute Gasteiger partial charge is 0.119 e. The second kappa shape index (κ2) is 4.86. The molecule has 0 aliphatic rings. The summed E-state index contributed by atoms with van der Waals surface area (Å²) in [6, 6.07) is 0. The molecule has 0 aromatic carbocycles. The van der Waals surface area contributed by atoms with Gasteiger partial charge in [-0.3, -0.25) is 0 Å². The first kappa shape index (κ1) is 9.02. The molecule has 0 heterocycles. The van der Waals surface area contributed by atoms with Crippen LogP contribution in [0.4, 0.5) is 0 Å². The van der Waals surface area contributed by atoms with Gasteiger partial charge in [-0.05, 0) is 26.0 Å². The number of hydrogen-bond acceptors (Lipinski definition) is 1. The van der Waals surface area contributed by atoms with E-state index in [4.69, 9.17) is 4.74 Å². The van der Waals surface area contributed by atoms with Gasteiger partial charge in [0, 0.05) is 0 Å². The Morgan fingerprint density at radius 2 is 2.00 bits per heavy atom. The zero-order valence-electron chi connectivity index (χ0n) is 6.63. The molecule has 10 heavy (non-hydrogen) atoms. The van der Waals surface area contributed by atoms with Crippen molar-refractivity contribution in [1.82, 2.24) is 0 Å². The van der Waals surface area contributed by atoms with E-state index in [2.05, 4.69) is 13.2 Å². The lowest BCUT2D eigenvalue weighted by molar-refractivity contribution is 0.158. The Morgan fingerprint density at radius 1 is 1.40 bits per heavy atom. The summed E-state index contributed by atoms with van der Waals surface area (Å²) in [5.41, 5.74) is 0. The summed E-state index contributed by atoms with van der Waals surface area (Å²) >= 11 is 0. The van der Waals surface area contributed by atoms with Crippen molar-refractivity contribution in [2.45, 2.75) is 20.0 Å². The second-order valence-electron chi connectivity index (χ2n) is 2.18. The van der Waals surface area contributed by atoms with Crippen LogP contribution in [0.1, 0.15) is 13.8 Å². The predicted molar refractivity (Wildman–Crippen MR) is 44.7 cm³/mol. The van der Waals surface area contributed by atoms with Crippen molar-refractivity contribution in [3.05, 3.63) is 37.1 Å². The highest BCUT2D eigenvalue weighted by molar-refractivity contribution is 5.14. The molecule has 0 rings (SSSR count). The number of allylic oxidation sites excluding steroid dienone is 3. The third-order valence-corrected chi connectivity index (χ3v) is 0.855. The average Bonchev–Trinajstić information content (AvgIpc) is 1.86. The van der Waals surface area contributed by atoms with Crippen LogP contribution in [0.5, 0.6) is 0 Å². The zero-order valence-corrected chi connectivity index (χ0v) is 6.63. The van der Waals surface area contributed by atoms with Crippen molar-refractivity contribution < 1.29 is 4.74 Å². The lowest BCUT2D eigenvalue weighted by atomic mass is 10.4. The van der Waals surface area contributed by atoms with Crippen molar-refractivity contribution in [2.75, 3.05) is 0 Å². The first-order valence-corrected chi connectivity index (χ1v) is 3.32. The summed E-state index contributed by atoms with van der Waals surface area (Å²) in [6.45, 7) is 11.1. The molecular formula is C9H14O. The molecule has 0 radical (unpaired) electrons. The van der Waals surface area contributed by atoms with Crippen LogP contribution in [0.3, 0.4) is 0 Å². The summed E-state index contributed by atoms with van der Waals surface area (Å²) in [5, 5.41) is 0. The van der Waals surface area contributed by atoms with Crippen LogP contribution in [0, 0.1) is 0 Å². The van der Waals surface area contributed by atoms with Crippen LogP contribution in [-0.2, 0) is 4.74 Å². The fourth-order valence-corrected chi connectivity index (χ4v) is 0.544. The van der Waals surface area contributed by atoms with Gasteiger partial charge in [0.15, 0.2) is 0 Å². The van der Waals surface area contributed by atoms with Crippen LogP contribution in [0.2, 0.25) is 0 Å². The van der Waals surface area contributed by atoms with Crippen LogP contribution in [-0.4, -0.2) is 6.10 Å². The summed E-state index contributed by atoms with van der Waals surface area (Å²) < 4.78 is 5.31. The minimum Gasteiger partial charge on any atom is -0.491 e. The largest absolute Gasteiger partial charge is 0.491 e. The van der Waals surface area contributed by atoms with E-state index in [0.717, 1.165) is 5.76 Å². The lowest BCUT2D eigenvalue weighted by Gasteiger charge is -2.08. The molecular weight excluding hydrogens is 124 g/mol. The summed E-state index contributed by atoms with van der Waals surface area (Å²) in [5.74, 6) is 0.769. The topological polar surface area (TPSA) is 9.23 Å². The molecule has 0 aliphatic heterocycles. The van der Waals surface area contributed by atoms with Crippen LogP contribution in [0.15, 0.2) is 37.1 Å². The molecule has 1 nitrogen and oxygen atoms in total. The Balaban J connectivity index is 3.95. The highest BCUT2D eigenvalue weighted by Crippen LogP contribution is 2.02. The maximum absolute atomic E-state index is 5.31. The van der Waals surface area contributed by atoms with Gasteiger partial charge in [0.25, 0.3) is 0 Å². The Labute approximate surface area is 62.7 Å². The van der Waals surface area contributed by atoms with Gasteiger partial charge >= 0.3 is 0 Å². The van der Waals surface area contributed by atoms with Gasteiger partial charge < -0.3 is 4.74 Å². The minimum absolute atomic E-state index is 0.198. The molecule has 56 valence electrons. The van der Waals surface area contributed by atoms with E-state index in [1.165, 1.54) is 0 Å². The second-order valence-corrected chi connectivity index (χ2v) is 2.18. The standard InChI is InChI=1S/C9H14O/c1-5-7-9(6-2)10-8(3)4/h5-8H,1-2H2,3-4H3. The van der Waals surface area contributed by atoms with Gasteiger partial charge in [-0.15, -0.1) is 0 Å². The van der Waals surface area contributed by atoms with Crippen molar-refractivity contribution in [3.63, 3.8) is 0 Å². The lowest BCUT2D eigenvalue weighted by Crippen LogP contribution is -1.99. The Hall–Kier alpha value is -0.980. The van der Waals surface area contributed by atoms with Crippen molar-refractivity contribution in [1.29, 1.82) is 0 Å². The maximum Gasteiger partial charge on any atom is 0.119 e. The molecule has 0 saturated carbocycles. The number of hydrogen-bond donors (Lipinski definition) is 0. The first-order chi connectivity index (χ1) is 4.70. The molecule has 0 amide bonds. The maximum atomic E-state index is 5.31. The Kier molecular flexibility index (Phi) is 4.38. The highest BCUT2D eigenvalue weighted by atomic mass is 16.5. The van der Waals surface area contributed by atoms with Gasteiger partial charge in [0.1, 0.15) is 5.76 Å².